The molecule has 2 rings (SSSR count). The van der Waals surface area contributed by atoms with Gasteiger partial charge in [-0.3, -0.25) is 9.59 Å². The molecule has 2 aliphatic rings. The molecule has 2 aliphatic heterocycles. The Hall–Kier alpha value is -1.74. The van der Waals surface area contributed by atoms with Gasteiger partial charge >= 0.3 is 11.9 Å². The highest BCUT2D eigenvalue weighted by molar-refractivity contribution is 5.70. The molecular weight excluding hydrogens is 656 g/mol. The molecule has 0 aromatic carbocycles. The molecule has 0 bridgehead atoms. The zero-order valence-electron chi connectivity index (χ0n) is 33.5. The number of hydrogen-bond acceptors (Lipinski definition) is 8. The number of hydrogen-bond donors (Lipinski definition) is 0. The highest BCUT2D eigenvalue weighted by atomic mass is 16.6. The first-order chi connectivity index (χ1) is 25.6. The number of allylic oxidation sites excluding steroid dienone is 2. The van der Waals surface area contributed by atoms with E-state index in [0.717, 1.165) is 103 Å². The van der Waals surface area contributed by atoms with Crippen LogP contribution in [-0.2, 0) is 38.0 Å². The Kier molecular flexibility index (Phi) is 30.2. The first-order valence-electron chi connectivity index (χ1n) is 21.7. The Morgan fingerprint density at radius 2 is 0.923 bits per heavy atom. The van der Waals surface area contributed by atoms with Gasteiger partial charge in [0.1, 0.15) is 25.4 Å². The summed E-state index contributed by atoms with van der Waals surface area (Å²) in [5, 5.41) is 0. The minimum Gasteiger partial charge on any atom is -0.462 e. The standard InChI is InChI=1S/C44H78O8/c1-3-5-7-21-27-39(49-35-41-37-51-41)29-23-17-13-9-11-15-19-25-31-43(45)47-33-34-48-44(46)32-26-20-16-12-10-14-18-24-30-40(28-22-8-6-4-2)50-36-42-38-52-42/h17-18,23-24,39-42H,3-16,19-22,25-38H2,1-2H3/b23-17-,24-18-. The molecule has 0 N–H and O–H groups in total. The summed E-state index contributed by atoms with van der Waals surface area (Å²) >= 11 is 0. The van der Waals surface area contributed by atoms with Gasteiger partial charge in [-0.1, -0.05) is 128 Å². The molecule has 0 aliphatic carbocycles. The Morgan fingerprint density at radius 3 is 1.33 bits per heavy atom. The number of esters is 2. The second-order valence-electron chi connectivity index (χ2n) is 15.0. The average Bonchev–Trinajstić information content (AvgIpc) is 4.09. The molecule has 0 spiro atoms. The van der Waals surface area contributed by atoms with Crippen LogP contribution in [0.3, 0.4) is 0 Å². The quantitative estimate of drug-likeness (QED) is 0.0266. The fourth-order valence-corrected chi connectivity index (χ4v) is 6.26. The lowest BCUT2D eigenvalue weighted by atomic mass is 10.1. The Balaban J connectivity index is 1.33. The SMILES string of the molecule is CCCCCCC(C/C=C\CCCCCCCC(=O)OCCOC(=O)CCCCCCC/C=C\CC(CCCCCC)OCC1CO1)OCC1CO1. The summed E-state index contributed by atoms with van der Waals surface area (Å²) in [5.74, 6) is -0.402. The van der Waals surface area contributed by atoms with Crippen LogP contribution in [0.5, 0.6) is 0 Å². The van der Waals surface area contributed by atoms with Gasteiger partial charge in [0, 0.05) is 12.8 Å². The van der Waals surface area contributed by atoms with Gasteiger partial charge in [-0.05, 0) is 64.2 Å². The summed E-state index contributed by atoms with van der Waals surface area (Å²) in [7, 11) is 0. The highest BCUT2D eigenvalue weighted by Gasteiger charge is 2.24. The smallest absolute Gasteiger partial charge is 0.305 e. The first kappa shape index (κ1) is 46.4. The van der Waals surface area contributed by atoms with E-state index < -0.39 is 0 Å². The monoisotopic (exact) mass is 735 g/mol. The van der Waals surface area contributed by atoms with Crippen LogP contribution < -0.4 is 0 Å². The van der Waals surface area contributed by atoms with Crippen molar-refractivity contribution in [1.29, 1.82) is 0 Å². The third-order valence-electron chi connectivity index (χ3n) is 9.84. The molecule has 2 fully saturated rings. The van der Waals surface area contributed by atoms with Crippen LogP contribution in [0.1, 0.15) is 181 Å². The first-order valence-corrected chi connectivity index (χ1v) is 21.7. The van der Waals surface area contributed by atoms with Crippen LogP contribution in [0, 0.1) is 0 Å². The van der Waals surface area contributed by atoms with Crippen molar-refractivity contribution < 1.29 is 38.0 Å². The summed E-state index contributed by atoms with van der Waals surface area (Å²) in [6.45, 7) is 7.97. The molecule has 0 amide bonds. The van der Waals surface area contributed by atoms with Crippen molar-refractivity contribution in [2.45, 2.75) is 205 Å². The molecule has 4 unspecified atom stereocenters. The molecule has 0 saturated carbocycles. The van der Waals surface area contributed by atoms with Crippen LogP contribution in [0.2, 0.25) is 0 Å². The molecule has 52 heavy (non-hydrogen) atoms. The second kappa shape index (κ2) is 33.8. The van der Waals surface area contributed by atoms with Crippen molar-refractivity contribution in [2.24, 2.45) is 0 Å². The predicted molar refractivity (Wildman–Crippen MR) is 211 cm³/mol. The lowest BCUT2D eigenvalue weighted by Gasteiger charge is -2.15. The molecule has 2 heterocycles. The number of rotatable bonds is 39. The Morgan fingerprint density at radius 1 is 0.538 bits per heavy atom. The highest BCUT2D eigenvalue weighted by Crippen LogP contribution is 2.18. The van der Waals surface area contributed by atoms with Crippen LogP contribution >= 0.6 is 0 Å². The summed E-state index contributed by atoms with van der Waals surface area (Å²) in [6.07, 6.45) is 38.8. The molecule has 8 heteroatoms. The Labute approximate surface area is 318 Å². The summed E-state index contributed by atoms with van der Waals surface area (Å²) < 4.78 is 33.3. The maximum Gasteiger partial charge on any atom is 0.305 e. The normalized spacial score (nSPS) is 17.9. The van der Waals surface area contributed by atoms with E-state index in [-0.39, 0.29) is 25.2 Å². The second-order valence-corrected chi connectivity index (χ2v) is 15.0. The van der Waals surface area contributed by atoms with Crippen LogP contribution in [-0.4, -0.2) is 76.0 Å². The molecule has 8 nitrogen and oxygen atoms in total. The lowest BCUT2D eigenvalue weighted by molar-refractivity contribution is -0.152. The van der Waals surface area contributed by atoms with Gasteiger partial charge in [-0.15, -0.1) is 0 Å². The van der Waals surface area contributed by atoms with Gasteiger partial charge in [0.25, 0.3) is 0 Å². The molecule has 0 aromatic heterocycles. The Bertz CT molecular complexity index is 825. The van der Waals surface area contributed by atoms with Gasteiger partial charge in [-0.2, -0.15) is 0 Å². The molecule has 2 saturated heterocycles. The van der Waals surface area contributed by atoms with E-state index in [1.165, 1.54) is 77.0 Å². The largest absolute Gasteiger partial charge is 0.462 e. The number of ether oxygens (including phenoxy) is 6. The van der Waals surface area contributed by atoms with Gasteiger partial charge in [0.15, 0.2) is 0 Å². The topological polar surface area (TPSA) is 96.1 Å². The summed E-state index contributed by atoms with van der Waals surface area (Å²) in [4.78, 5) is 24.1. The van der Waals surface area contributed by atoms with Gasteiger partial charge in [0.05, 0.1) is 38.6 Å². The molecule has 4 atom stereocenters. The maximum absolute atomic E-state index is 12.0. The minimum atomic E-state index is -0.201. The van der Waals surface area contributed by atoms with E-state index >= 15 is 0 Å². The average molecular weight is 735 g/mol. The third-order valence-corrected chi connectivity index (χ3v) is 9.84. The van der Waals surface area contributed by atoms with Gasteiger partial charge < -0.3 is 28.4 Å². The summed E-state index contributed by atoms with van der Waals surface area (Å²) in [5.41, 5.74) is 0. The number of carbonyl (C=O) groups excluding carboxylic acids is 2. The zero-order chi connectivity index (χ0) is 37.2. The van der Waals surface area contributed by atoms with Crippen LogP contribution in [0.4, 0.5) is 0 Å². The van der Waals surface area contributed by atoms with E-state index in [1.807, 2.05) is 0 Å². The van der Waals surface area contributed by atoms with E-state index in [9.17, 15) is 9.59 Å². The fourth-order valence-electron chi connectivity index (χ4n) is 6.26. The van der Waals surface area contributed by atoms with E-state index in [1.54, 1.807) is 0 Å². The summed E-state index contributed by atoms with van der Waals surface area (Å²) in [6, 6.07) is 0. The van der Waals surface area contributed by atoms with Crippen molar-refractivity contribution in [3.05, 3.63) is 24.3 Å². The van der Waals surface area contributed by atoms with Crippen molar-refractivity contribution in [3.8, 4) is 0 Å². The van der Waals surface area contributed by atoms with E-state index in [0.29, 0.717) is 37.3 Å². The predicted octanol–water partition coefficient (Wildman–Crippen LogP) is 10.9. The molecule has 302 valence electrons. The van der Waals surface area contributed by atoms with Gasteiger partial charge in [0.2, 0.25) is 0 Å². The van der Waals surface area contributed by atoms with Crippen LogP contribution in [0.25, 0.3) is 0 Å². The van der Waals surface area contributed by atoms with Gasteiger partial charge in [-0.25, -0.2) is 0 Å². The lowest BCUT2D eigenvalue weighted by Crippen LogP contribution is -2.15. The minimum absolute atomic E-state index is 0.143. The van der Waals surface area contributed by atoms with Crippen molar-refractivity contribution in [3.63, 3.8) is 0 Å². The number of epoxide rings is 2. The van der Waals surface area contributed by atoms with Crippen LogP contribution in [0.15, 0.2) is 24.3 Å². The zero-order valence-corrected chi connectivity index (χ0v) is 33.5. The van der Waals surface area contributed by atoms with E-state index in [2.05, 4.69) is 38.2 Å². The van der Waals surface area contributed by atoms with Crippen molar-refractivity contribution in [1.82, 2.24) is 0 Å². The number of unbranched alkanes of at least 4 members (excludes halogenated alkanes) is 16. The fraction of sp³-hybridized carbons (Fsp3) is 0.864. The molecule has 0 radical (unpaired) electrons. The number of carbonyl (C=O) groups is 2. The third kappa shape index (κ3) is 30.7. The van der Waals surface area contributed by atoms with Crippen molar-refractivity contribution in [2.75, 3.05) is 39.6 Å². The molecule has 0 aromatic rings. The van der Waals surface area contributed by atoms with E-state index in [4.69, 9.17) is 28.4 Å². The van der Waals surface area contributed by atoms with Crippen molar-refractivity contribution >= 4 is 11.9 Å². The maximum atomic E-state index is 12.0. The molecular formula is C44H78O8.